The summed E-state index contributed by atoms with van der Waals surface area (Å²) in [5.41, 5.74) is -4.08. The summed E-state index contributed by atoms with van der Waals surface area (Å²) in [6.45, 7) is 0. The van der Waals surface area contributed by atoms with Gasteiger partial charge in [-0.25, -0.2) is 27.3 Å². The lowest BCUT2D eigenvalue weighted by Gasteiger charge is -2.13. The maximum atomic E-state index is 14.6. The van der Waals surface area contributed by atoms with Gasteiger partial charge in [-0.15, -0.1) is 0 Å². The average molecular weight is 413 g/mol. The van der Waals surface area contributed by atoms with Gasteiger partial charge in [-0.3, -0.25) is 4.79 Å². The number of benzene rings is 2. The van der Waals surface area contributed by atoms with Crippen LogP contribution in [0.25, 0.3) is 11.1 Å². The van der Waals surface area contributed by atoms with Crippen molar-refractivity contribution in [1.82, 2.24) is 4.98 Å². The molecule has 1 heterocycles. The van der Waals surface area contributed by atoms with Gasteiger partial charge in [0.05, 0.1) is 16.7 Å². The molecule has 11 heteroatoms. The number of rotatable bonds is 5. The van der Waals surface area contributed by atoms with Gasteiger partial charge in [0.2, 0.25) is 5.76 Å². The molecule has 0 atom stereocenters. The second-order valence-corrected chi connectivity index (χ2v) is 5.43. The van der Waals surface area contributed by atoms with Crippen LogP contribution in [0.5, 0.6) is 5.75 Å². The Balaban J connectivity index is 2.04. The number of carbonyl (C=O) groups is 2. The van der Waals surface area contributed by atoms with Crippen LogP contribution in [0.15, 0.2) is 35.1 Å². The number of carboxylic acids is 1. The van der Waals surface area contributed by atoms with Gasteiger partial charge in [-0.1, -0.05) is 12.1 Å². The number of nitrogens with zero attached hydrogens (tertiary/aromatic N) is 1. The Hall–Kier alpha value is -3.89. The van der Waals surface area contributed by atoms with E-state index in [9.17, 15) is 27.2 Å². The van der Waals surface area contributed by atoms with Gasteiger partial charge in [-0.2, -0.15) is 0 Å². The number of ether oxygens (including phenoxy) is 1. The Kier molecular flexibility index (Phi) is 4.23. The second kappa shape index (κ2) is 7.62. The van der Waals surface area contributed by atoms with Crippen LogP contribution in [0.3, 0.4) is 0 Å². The molecule has 0 bridgehead atoms. The number of hydrogen-bond donors (Lipinski definition) is 2. The van der Waals surface area contributed by atoms with Crippen molar-refractivity contribution in [2.75, 3.05) is 12.4 Å². The molecule has 1 aromatic heterocycles. The number of carboxylic acid groups (broad SMARTS) is 1. The molecule has 0 saturated carbocycles. The first-order valence-electron chi connectivity index (χ1n) is 9.04. The van der Waals surface area contributed by atoms with Crippen LogP contribution in [-0.2, 0) is 0 Å². The Morgan fingerprint density at radius 3 is 2.48 bits per heavy atom. The molecule has 0 spiro atoms. The van der Waals surface area contributed by atoms with E-state index in [-0.39, 0.29) is 5.75 Å². The SMILES string of the molecule is [2H]C([2H])([2H])Oc1cccc(-c2c(F)c(F)c(NC(=O)c3ncoc3C(=O)O)c(F)c2F)c1. The maximum Gasteiger partial charge on any atom is 0.374 e. The Labute approximate surface area is 163 Å². The van der Waals surface area contributed by atoms with Crippen molar-refractivity contribution in [1.29, 1.82) is 0 Å². The Morgan fingerprint density at radius 1 is 1.17 bits per heavy atom. The van der Waals surface area contributed by atoms with E-state index < -0.39 is 70.5 Å². The van der Waals surface area contributed by atoms with Gasteiger partial charge >= 0.3 is 5.97 Å². The quantitative estimate of drug-likeness (QED) is 0.487. The van der Waals surface area contributed by atoms with Crippen molar-refractivity contribution >= 4 is 17.6 Å². The molecule has 0 radical (unpaired) electrons. The highest BCUT2D eigenvalue weighted by molar-refractivity contribution is 6.08. The zero-order valence-corrected chi connectivity index (χ0v) is 13.9. The number of anilines is 1. The van der Waals surface area contributed by atoms with Crippen LogP contribution in [0.2, 0.25) is 0 Å². The minimum absolute atomic E-state index is 0.355. The molecule has 0 aliphatic heterocycles. The van der Waals surface area contributed by atoms with Crippen LogP contribution in [0.1, 0.15) is 25.2 Å². The third-order valence-electron chi connectivity index (χ3n) is 3.72. The first kappa shape index (κ1) is 16.1. The van der Waals surface area contributed by atoms with Gasteiger partial charge in [0.1, 0.15) is 11.4 Å². The van der Waals surface area contributed by atoms with E-state index in [1.807, 2.05) is 0 Å². The molecule has 3 rings (SSSR count). The van der Waals surface area contributed by atoms with E-state index in [1.165, 1.54) is 5.32 Å². The summed E-state index contributed by atoms with van der Waals surface area (Å²) in [5.74, 6) is -12.4. The van der Waals surface area contributed by atoms with Gasteiger partial charge in [0.25, 0.3) is 5.91 Å². The third kappa shape index (κ3) is 3.49. The highest BCUT2D eigenvalue weighted by atomic mass is 19.2. The molecule has 0 aliphatic carbocycles. The van der Waals surface area contributed by atoms with E-state index in [0.717, 1.165) is 24.3 Å². The molecule has 0 fully saturated rings. The number of methoxy groups -OCH3 is 1. The predicted molar refractivity (Wildman–Crippen MR) is 89.7 cm³/mol. The summed E-state index contributed by atoms with van der Waals surface area (Å²) in [5, 5.41) is 10.4. The fraction of sp³-hybridized carbons (Fsp3) is 0.0556. The van der Waals surface area contributed by atoms with Gasteiger partial charge < -0.3 is 19.6 Å². The van der Waals surface area contributed by atoms with Crippen molar-refractivity contribution in [3.8, 4) is 16.9 Å². The van der Waals surface area contributed by atoms with Crippen LogP contribution in [-0.4, -0.2) is 29.0 Å². The van der Waals surface area contributed by atoms with Crippen molar-refractivity contribution in [3.63, 3.8) is 0 Å². The molecule has 0 unspecified atom stereocenters. The van der Waals surface area contributed by atoms with Crippen molar-refractivity contribution in [2.24, 2.45) is 0 Å². The molecule has 150 valence electrons. The molecule has 29 heavy (non-hydrogen) atoms. The van der Waals surface area contributed by atoms with Crippen molar-refractivity contribution in [2.45, 2.75) is 0 Å². The fourth-order valence-electron chi connectivity index (χ4n) is 2.44. The first-order chi connectivity index (χ1) is 14.9. The molecule has 0 saturated heterocycles. The summed E-state index contributed by atoms with van der Waals surface area (Å²) in [6.07, 6.45) is 0.573. The number of carbonyl (C=O) groups excluding carboxylic acids is 1. The van der Waals surface area contributed by atoms with Crippen LogP contribution in [0.4, 0.5) is 23.2 Å². The lowest BCUT2D eigenvalue weighted by Crippen LogP contribution is -2.19. The van der Waals surface area contributed by atoms with Crippen molar-refractivity contribution < 1.29 is 45.5 Å². The van der Waals surface area contributed by atoms with Crippen LogP contribution >= 0.6 is 0 Å². The zero-order chi connectivity index (χ0) is 23.8. The van der Waals surface area contributed by atoms with Crippen LogP contribution < -0.4 is 10.1 Å². The molecule has 2 N–H and O–H groups in total. The number of nitrogens with one attached hydrogen (secondary N) is 1. The second-order valence-electron chi connectivity index (χ2n) is 5.43. The maximum absolute atomic E-state index is 14.6. The summed E-state index contributed by atoms with van der Waals surface area (Å²) in [4.78, 5) is 26.4. The third-order valence-corrected chi connectivity index (χ3v) is 3.72. The number of aromatic carboxylic acids is 1. The van der Waals surface area contributed by atoms with E-state index in [2.05, 4.69) is 14.1 Å². The number of amides is 1. The molecule has 1 amide bonds. The van der Waals surface area contributed by atoms with E-state index >= 15 is 0 Å². The summed E-state index contributed by atoms with van der Waals surface area (Å²) in [7, 11) is -2.89. The number of halogens is 4. The highest BCUT2D eigenvalue weighted by Crippen LogP contribution is 2.36. The topological polar surface area (TPSA) is 102 Å². The standard InChI is InChI=1S/C18H10F4N2O5/c1-28-8-4-2-3-7(5-8)9-10(19)12(21)14(13(22)11(9)20)24-17(25)15-16(18(26)27)29-6-23-15/h2-6H,1H3,(H,24,25)(H,26,27)/i1D3. The Morgan fingerprint density at radius 2 is 1.86 bits per heavy atom. The lowest BCUT2D eigenvalue weighted by molar-refractivity contribution is 0.0657. The molecule has 0 aliphatic rings. The van der Waals surface area contributed by atoms with E-state index in [1.54, 1.807) is 0 Å². The molecule has 7 nitrogen and oxygen atoms in total. The van der Waals surface area contributed by atoms with Crippen LogP contribution in [0, 0.1) is 23.3 Å². The number of aromatic nitrogens is 1. The van der Waals surface area contributed by atoms with E-state index in [4.69, 9.17) is 9.22 Å². The van der Waals surface area contributed by atoms with Gasteiger partial charge in [0, 0.05) is 0 Å². The Bertz CT molecular complexity index is 1200. The largest absolute Gasteiger partial charge is 0.497 e. The molecular formula is C18H10F4N2O5. The highest BCUT2D eigenvalue weighted by Gasteiger charge is 2.30. The molecule has 3 aromatic rings. The predicted octanol–water partition coefficient (Wildman–Crippen LogP) is 3.86. The van der Waals surface area contributed by atoms with E-state index in [0.29, 0.717) is 6.39 Å². The molecule has 2 aromatic carbocycles. The summed E-state index contributed by atoms with van der Waals surface area (Å²) in [6, 6.07) is 4.17. The number of hydrogen-bond acceptors (Lipinski definition) is 5. The zero-order valence-electron chi connectivity index (χ0n) is 16.9. The number of oxazole rings is 1. The minimum atomic E-state index is -2.89. The molecular weight excluding hydrogens is 400 g/mol. The summed E-state index contributed by atoms with van der Waals surface area (Å²) >= 11 is 0. The lowest BCUT2D eigenvalue weighted by atomic mass is 10.0. The smallest absolute Gasteiger partial charge is 0.374 e. The fourth-order valence-corrected chi connectivity index (χ4v) is 2.44. The summed E-state index contributed by atoms with van der Waals surface area (Å²) < 4.78 is 88.6. The normalized spacial score (nSPS) is 12.6. The van der Waals surface area contributed by atoms with Gasteiger partial charge in [0.15, 0.2) is 35.4 Å². The first-order valence-corrected chi connectivity index (χ1v) is 7.54. The van der Waals surface area contributed by atoms with Crippen molar-refractivity contribution in [3.05, 3.63) is 65.4 Å². The monoisotopic (exact) mass is 413 g/mol. The average Bonchev–Trinajstić information content (AvgIpc) is 3.19. The minimum Gasteiger partial charge on any atom is -0.497 e. The van der Waals surface area contributed by atoms with Gasteiger partial charge in [-0.05, 0) is 17.7 Å².